The fraction of sp³-hybridized carbons (Fsp3) is 0.481. The highest BCUT2D eigenvalue weighted by Crippen LogP contribution is 2.44. The number of nitrogen functional groups attached to an aromatic ring is 1. The van der Waals surface area contributed by atoms with E-state index in [-0.39, 0.29) is 63.8 Å². The summed E-state index contributed by atoms with van der Waals surface area (Å²) in [6.45, 7) is 5.16. The van der Waals surface area contributed by atoms with Crippen LogP contribution in [0.2, 0.25) is 5.02 Å². The molecule has 218 valence electrons. The fourth-order valence-corrected chi connectivity index (χ4v) is 6.30. The maximum absolute atomic E-state index is 16.4. The van der Waals surface area contributed by atoms with Crippen LogP contribution in [0.3, 0.4) is 0 Å². The molecule has 3 aromatic rings. The third-order valence-electron chi connectivity index (χ3n) is 7.97. The summed E-state index contributed by atoms with van der Waals surface area (Å²) >= 11 is 6.52. The van der Waals surface area contributed by atoms with Gasteiger partial charge in [-0.25, -0.2) is 9.37 Å². The number of halogens is 5. The summed E-state index contributed by atoms with van der Waals surface area (Å²) in [6, 6.07) is 2.81. The topological polar surface area (TPSA) is 110 Å². The maximum atomic E-state index is 16.4. The smallest absolute Gasteiger partial charge is 0.418 e. The molecule has 1 amide bonds. The molecular weight excluding hydrogens is 566 g/mol. The summed E-state index contributed by atoms with van der Waals surface area (Å²) in [5.74, 6) is -0.870. The van der Waals surface area contributed by atoms with Gasteiger partial charge in [0, 0.05) is 56.5 Å². The van der Waals surface area contributed by atoms with E-state index in [1.807, 2.05) is 4.90 Å². The van der Waals surface area contributed by atoms with E-state index < -0.39 is 28.8 Å². The van der Waals surface area contributed by atoms with Crippen molar-refractivity contribution in [1.82, 2.24) is 25.2 Å². The number of nitrogens with zero attached hydrogens (tertiary/aromatic N) is 5. The zero-order chi connectivity index (χ0) is 29.2. The van der Waals surface area contributed by atoms with Crippen LogP contribution in [0.15, 0.2) is 12.1 Å². The number of aromatic nitrogens is 3. The van der Waals surface area contributed by atoms with Gasteiger partial charge in [-0.15, -0.1) is 0 Å². The quantitative estimate of drug-likeness (QED) is 0.424. The van der Waals surface area contributed by atoms with E-state index in [1.54, 1.807) is 4.90 Å². The number of carbonyl (C=O) groups is 1. The molecule has 0 radical (unpaired) electrons. The lowest BCUT2D eigenvalue weighted by Gasteiger charge is -2.38. The van der Waals surface area contributed by atoms with Gasteiger partial charge in [-0.3, -0.25) is 4.79 Å². The molecule has 2 atom stereocenters. The first-order chi connectivity index (χ1) is 19.4. The molecule has 41 heavy (non-hydrogen) atoms. The van der Waals surface area contributed by atoms with Crippen molar-refractivity contribution >= 4 is 40.0 Å². The fourth-order valence-electron chi connectivity index (χ4n) is 6.01. The highest BCUT2D eigenvalue weighted by molar-refractivity contribution is 6.34. The van der Waals surface area contributed by atoms with Gasteiger partial charge >= 0.3 is 12.2 Å². The van der Waals surface area contributed by atoms with Gasteiger partial charge in [0.25, 0.3) is 0 Å². The number of alkyl halides is 3. The Balaban J connectivity index is 1.47. The second-order valence-electron chi connectivity index (χ2n) is 11.0. The van der Waals surface area contributed by atoms with E-state index in [4.69, 9.17) is 22.1 Å². The molecule has 0 aliphatic carbocycles. The van der Waals surface area contributed by atoms with Crippen LogP contribution in [0.5, 0.6) is 6.01 Å². The molecule has 2 bridgehead atoms. The lowest BCUT2D eigenvalue weighted by molar-refractivity contribution is -0.138. The van der Waals surface area contributed by atoms with Gasteiger partial charge in [0.05, 0.1) is 28.5 Å². The lowest BCUT2D eigenvalue weighted by atomic mass is 9.99. The van der Waals surface area contributed by atoms with E-state index in [9.17, 15) is 18.0 Å². The lowest BCUT2D eigenvalue weighted by Crippen LogP contribution is -2.51. The van der Waals surface area contributed by atoms with Crippen LogP contribution in [0, 0.1) is 18.7 Å². The van der Waals surface area contributed by atoms with E-state index in [0.29, 0.717) is 32.0 Å². The average Bonchev–Trinajstić information content (AvgIpc) is 3.18. The van der Waals surface area contributed by atoms with E-state index in [1.165, 1.54) is 19.9 Å². The number of carbonyl (C=O) groups excluding carboxylic acids is 1. The van der Waals surface area contributed by atoms with E-state index in [0.717, 1.165) is 18.9 Å². The van der Waals surface area contributed by atoms with Crippen LogP contribution in [-0.2, 0) is 11.0 Å². The van der Waals surface area contributed by atoms with Gasteiger partial charge in [-0.1, -0.05) is 11.6 Å². The van der Waals surface area contributed by atoms with Gasteiger partial charge < -0.3 is 25.6 Å². The number of amides is 1. The molecule has 3 aliphatic rings. The first-order valence-corrected chi connectivity index (χ1v) is 13.7. The summed E-state index contributed by atoms with van der Waals surface area (Å²) < 4.78 is 64.6. The van der Waals surface area contributed by atoms with Crippen LogP contribution >= 0.6 is 11.6 Å². The minimum absolute atomic E-state index is 0.0334. The Bertz CT molecular complexity index is 1530. The van der Waals surface area contributed by atoms with E-state index >= 15 is 4.39 Å². The summed E-state index contributed by atoms with van der Waals surface area (Å²) in [5, 5.41) is 3.52. The van der Waals surface area contributed by atoms with Gasteiger partial charge in [0.2, 0.25) is 5.91 Å². The number of hydrogen-bond donors (Lipinski definition) is 2. The molecule has 6 rings (SSSR count). The molecule has 3 aliphatic heterocycles. The Morgan fingerprint density at radius 1 is 1.15 bits per heavy atom. The Morgan fingerprint density at radius 3 is 2.46 bits per heavy atom. The standard InChI is InChI=1S/C27H28ClF4N7O2/c1-12-5-19(33)35-24(21(12)27(30,31)32)20-18(28)6-17-23(22(20)29)36-26(41-11-14-7-38(8-14)13(2)40)37-25(17)39-9-15-3-4-16(10-39)34-15/h5-6,14-16,34H,3-4,7-11H2,1-2H3,(H2,33,35). The monoisotopic (exact) mass is 593 g/mol. The molecule has 14 heteroatoms. The second kappa shape index (κ2) is 10.1. The van der Waals surface area contributed by atoms with Gasteiger partial charge in [0.1, 0.15) is 17.2 Å². The Kier molecular flexibility index (Phi) is 6.84. The number of fused-ring (bicyclic) bond motifs is 3. The van der Waals surface area contributed by atoms with Crippen LogP contribution in [-0.4, -0.2) is 70.6 Å². The number of rotatable bonds is 5. The minimum atomic E-state index is -4.84. The number of anilines is 2. The summed E-state index contributed by atoms with van der Waals surface area (Å²) in [6.07, 6.45) is -2.86. The van der Waals surface area contributed by atoms with Crippen molar-refractivity contribution in [2.75, 3.05) is 43.4 Å². The highest BCUT2D eigenvalue weighted by Gasteiger charge is 2.39. The number of nitrogens with two attached hydrogens (primary N) is 1. The molecule has 9 nitrogen and oxygen atoms in total. The molecule has 5 heterocycles. The Morgan fingerprint density at radius 2 is 1.83 bits per heavy atom. The first-order valence-electron chi connectivity index (χ1n) is 13.3. The highest BCUT2D eigenvalue weighted by atomic mass is 35.5. The van der Waals surface area contributed by atoms with Crippen molar-refractivity contribution in [1.29, 1.82) is 0 Å². The van der Waals surface area contributed by atoms with Gasteiger partial charge in [-0.2, -0.15) is 23.1 Å². The molecule has 3 N–H and O–H groups in total. The normalized spacial score (nSPS) is 21.0. The SMILES string of the molecule is CC(=O)N1CC(COc2nc(N3CC4CCC(C3)N4)c3cc(Cl)c(-c4nc(N)cc(C)c4C(F)(F)F)c(F)c3n2)C1. The number of ether oxygens (including phenoxy) is 1. The van der Waals surface area contributed by atoms with Crippen molar-refractivity contribution < 1.29 is 27.1 Å². The van der Waals surface area contributed by atoms with Crippen molar-refractivity contribution in [3.05, 3.63) is 34.1 Å². The number of benzene rings is 1. The third-order valence-corrected chi connectivity index (χ3v) is 8.26. The molecule has 2 aromatic heterocycles. The number of likely N-dealkylation sites (tertiary alicyclic amines) is 1. The predicted octanol–water partition coefficient (Wildman–Crippen LogP) is 4.19. The molecule has 2 unspecified atom stereocenters. The van der Waals surface area contributed by atoms with Crippen LogP contribution < -0.4 is 20.7 Å². The average molecular weight is 594 g/mol. The van der Waals surface area contributed by atoms with Crippen molar-refractivity contribution in [2.45, 2.75) is 44.9 Å². The van der Waals surface area contributed by atoms with Crippen molar-refractivity contribution in [3.63, 3.8) is 0 Å². The van der Waals surface area contributed by atoms with E-state index in [2.05, 4.69) is 20.3 Å². The maximum Gasteiger partial charge on any atom is 0.418 e. The number of nitrogens with one attached hydrogen (secondary N) is 1. The van der Waals surface area contributed by atoms with Gasteiger partial charge in [0.15, 0.2) is 5.82 Å². The number of aryl methyl sites for hydroxylation is 1. The minimum Gasteiger partial charge on any atom is -0.463 e. The molecule has 0 saturated carbocycles. The van der Waals surface area contributed by atoms with Crippen LogP contribution in [0.25, 0.3) is 22.2 Å². The number of pyridine rings is 1. The Hall–Kier alpha value is -3.45. The number of hydrogen-bond acceptors (Lipinski definition) is 8. The molecular formula is C27H28ClF4N7O2. The predicted molar refractivity (Wildman–Crippen MR) is 145 cm³/mol. The second-order valence-corrected chi connectivity index (χ2v) is 11.4. The van der Waals surface area contributed by atoms with Crippen molar-refractivity contribution in [2.24, 2.45) is 5.92 Å². The molecule has 3 saturated heterocycles. The third kappa shape index (κ3) is 5.09. The molecule has 1 aromatic carbocycles. The first kappa shape index (κ1) is 27.7. The summed E-state index contributed by atoms with van der Waals surface area (Å²) in [7, 11) is 0. The zero-order valence-electron chi connectivity index (χ0n) is 22.4. The largest absolute Gasteiger partial charge is 0.463 e. The van der Waals surface area contributed by atoms with Crippen LogP contribution in [0.1, 0.15) is 30.9 Å². The van der Waals surface area contributed by atoms with Crippen molar-refractivity contribution in [3.8, 4) is 17.3 Å². The molecule has 0 spiro atoms. The van der Waals surface area contributed by atoms with Gasteiger partial charge in [-0.05, 0) is 37.5 Å². The molecule has 3 fully saturated rings. The zero-order valence-corrected chi connectivity index (χ0v) is 23.1. The summed E-state index contributed by atoms with van der Waals surface area (Å²) in [4.78, 5) is 28.0. The Labute approximate surface area is 238 Å². The number of piperazine rings is 1. The summed E-state index contributed by atoms with van der Waals surface area (Å²) in [5.41, 5.74) is 2.96. The van der Waals surface area contributed by atoms with Crippen LogP contribution in [0.4, 0.5) is 29.2 Å².